The molecule has 0 unspecified atom stereocenters. The van der Waals surface area contributed by atoms with E-state index in [-0.39, 0.29) is 5.91 Å². The summed E-state index contributed by atoms with van der Waals surface area (Å²) in [6.45, 7) is 4.97. The van der Waals surface area contributed by atoms with E-state index in [9.17, 15) is 4.79 Å². The predicted octanol–water partition coefficient (Wildman–Crippen LogP) is 5.52. The van der Waals surface area contributed by atoms with Crippen molar-refractivity contribution in [3.63, 3.8) is 0 Å². The fourth-order valence-electron chi connectivity index (χ4n) is 3.12. The van der Waals surface area contributed by atoms with E-state index in [1.807, 2.05) is 61.5 Å². The second-order valence-corrected chi connectivity index (χ2v) is 8.39. The smallest absolute Gasteiger partial charge is 0.224 e. The Kier molecular flexibility index (Phi) is 7.54. The van der Waals surface area contributed by atoms with Crippen LogP contribution in [0.5, 0.6) is 0 Å². The van der Waals surface area contributed by atoms with Crippen LogP contribution < -0.4 is 10.6 Å². The number of hydrogen-bond acceptors (Lipinski definition) is 7. The molecule has 0 saturated carbocycles. The molecule has 4 aromatic rings. The quantitative estimate of drug-likeness (QED) is 0.210. The van der Waals surface area contributed by atoms with Gasteiger partial charge in [-0.15, -0.1) is 0 Å². The number of hydrogen-bond donors (Lipinski definition) is 3. The molecular formula is C24H26N6O2S. The number of carbonyl (C=O) groups is 1. The van der Waals surface area contributed by atoms with Gasteiger partial charge in [0.05, 0.1) is 17.8 Å². The third-order valence-electron chi connectivity index (χ3n) is 4.74. The minimum atomic E-state index is -0.0138. The highest BCUT2D eigenvalue weighted by Gasteiger charge is 2.11. The number of aromatic amines is 1. The molecule has 4 rings (SSSR count). The maximum Gasteiger partial charge on any atom is 0.224 e. The Morgan fingerprint density at radius 1 is 1.09 bits per heavy atom. The summed E-state index contributed by atoms with van der Waals surface area (Å²) in [5, 5.41) is 15.2. The maximum absolute atomic E-state index is 11.6. The summed E-state index contributed by atoms with van der Waals surface area (Å²) in [5.74, 6) is 1.34. The molecule has 2 heterocycles. The van der Waals surface area contributed by atoms with Crippen molar-refractivity contribution < 1.29 is 9.53 Å². The lowest BCUT2D eigenvalue weighted by molar-refractivity contribution is -0.115. The zero-order chi connectivity index (χ0) is 23.0. The van der Waals surface area contributed by atoms with Gasteiger partial charge < -0.3 is 15.4 Å². The van der Waals surface area contributed by atoms with Gasteiger partial charge in [-0.3, -0.25) is 9.89 Å². The standard InChI is InChI=1S/C24H26N6O2S/c1-3-13-32-15-17-14-21(27-23-19-7-5-6-8-20(19)29-30-23)28-24(26-17)33-18-11-9-16(10-12-18)25-22(31)4-2/h5-12,14H,3-4,13,15H2,1-2H3,(H,25,31)(H2,26,27,28,29,30). The van der Waals surface area contributed by atoms with Gasteiger partial charge >= 0.3 is 0 Å². The van der Waals surface area contributed by atoms with Crippen molar-refractivity contribution >= 4 is 45.9 Å². The Labute approximate surface area is 196 Å². The molecule has 3 N–H and O–H groups in total. The molecule has 0 atom stereocenters. The summed E-state index contributed by atoms with van der Waals surface area (Å²) in [7, 11) is 0. The number of H-pyrrole nitrogens is 1. The molecule has 170 valence electrons. The fraction of sp³-hybridized carbons (Fsp3) is 0.250. The molecule has 8 nitrogen and oxygen atoms in total. The number of ether oxygens (including phenoxy) is 1. The van der Waals surface area contributed by atoms with E-state index < -0.39 is 0 Å². The van der Waals surface area contributed by atoms with Crippen LogP contribution in [0.15, 0.2) is 64.6 Å². The van der Waals surface area contributed by atoms with Crippen molar-refractivity contribution in [2.24, 2.45) is 0 Å². The van der Waals surface area contributed by atoms with E-state index in [0.29, 0.717) is 36.4 Å². The Bertz CT molecular complexity index is 1230. The zero-order valence-electron chi connectivity index (χ0n) is 18.6. The summed E-state index contributed by atoms with van der Waals surface area (Å²) in [6, 6.07) is 17.4. The number of benzene rings is 2. The molecule has 2 aromatic heterocycles. The topological polar surface area (TPSA) is 105 Å². The molecule has 9 heteroatoms. The van der Waals surface area contributed by atoms with Crippen molar-refractivity contribution in [1.29, 1.82) is 0 Å². The van der Waals surface area contributed by atoms with Crippen LogP contribution in [0.2, 0.25) is 0 Å². The molecule has 0 bridgehead atoms. The fourth-order valence-corrected chi connectivity index (χ4v) is 3.91. The molecule has 2 aromatic carbocycles. The molecule has 0 aliphatic rings. The first-order valence-electron chi connectivity index (χ1n) is 10.9. The van der Waals surface area contributed by atoms with Gasteiger partial charge in [0, 0.05) is 35.1 Å². The normalized spacial score (nSPS) is 11.0. The first-order chi connectivity index (χ1) is 16.1. The number of aromatic nitrogens is 4. The van der Waals surface area contributed by atoms with Crippen LogP contribution >= 0.6 is 11.8 Å². The lowest BCUT2D eigenvalue weighted by Crippen LogP contribution is -2.09. The van der Waals surface area contributed by atoms with E-state index in [1.54, 1.807) is 0 Å². The molecular weight excluding hydrogens is 436 g/mol. The minimum Gasteiger partial charge on any atom is -0.375 e. The number of nitrogens with zero attached hydrogens (tertiary/aromatic N) is 3. The van der Waals surface area contributed by atoms with Crippen molar-refractivity contribution in [1.82, 2.24) is 20.2 Å². The van der Waals surface area contributed by atoms with Crippen LogP contribution in [0.1, 0.15) is 32.4 Å². The van der Waals surface area contributed by atoms with Gasteiger partial charge in [-0.2, -0.15) is 5.10 Å². The Morgan fingerprint density at radius 3 is 2.70 bits per heavy atom. The van der Waals surface area contributed by atoms with Gasteiger partial charge in [-0.1, -0.05) is 26.0 Å². The number of carbonyl (C=O) groups excluding carboxylic acids is 1. The first kappa shape index (κ1) is 22.8. The van der Waals surface area contributed by atoms with Crippen LogP contribution in [-0.4, -0.2) is 32.7 Å². The highest BCUT2D eigenvalue weighted by Crippen LogP contribution is 2.29. The third kappa shape index (κ3) is 6.09. The zero-order valence-corrected chi connectivity index (χ0v) is 19.4. The maximum atomic E-state index is 11.6. The summed E-state index contributed by atoms with van der Waals surface area (Å²) in [4.78, 5) is 21.9. The molecule has 0 radical (unpaired) electrons. The van der Waals surface area contributed by atoms with Crippen molar-refractivity contribution in [2.75, 3.05) is 17.2 Å². The van der Waals surface area contributed by atoms with Gasteiger partial charge in [-0.05, 0) is 54.6 Å². The Hall–Kier alpha value is -3.43. The summed E-state index contributed by atoms with van der Waals surface area (Å²) in [6.07, 6.45) is 1.39. The molecule has 0 aliphatic carbocycles. The second kappa shape index (κ2) is 10.9. The molecule has 0 aliphatic heterocycles. The minimum absolute atomic E-state index is 0.0138. The van der Waals surface area contributed by atoms with Gasteiger partial charge in [0.2, 0.25) is 5.91 Å². The van der Waals surface area contributed by atoms with Crippen LogP contribution in [0.4, 0.5) is 17.3 Å². The lowest BCUT2D eigenvalue weighted by Gasteiger charge is -2.10. The summed E-state index contributed by atoms with van der Waals surface area (Å²) < 4.78 is 5.71. The summed E-state index contributed by atoms with van der Waals surface area (Å²) >= 11 is 1.45. The van der Waals surface area contributed by atoms with E-state index in [0.717, 1.165) is 33.6 Å². The Morgan fingerprint density at radius 2 is 1.91 bits per heavy atom. The van der Waals surface area contributed by atoms with Crippen LogP contribution in [-0.2, 0) is 16.1 Å². The van der Waals surface area contributed by atoms with Gasteiger partial charge in [0.15, 0.2) is 11.0 Å². The highest BCUT2D eigenvalue weighted by atomic mass is 32.2. The number of para-hydroxylation sites is 1. The monoisotopic (exact) mass is 462 g/mol. The van der Waals surface area contributed by atoms with Gasteiger partial charge in [-0.25, -0.2) is 9.97 Å². The van der Waals surface area contributed by atoms with Crippen molar-refractivity contribution in [2.45, 2.75) is 43.3 Å². The van der Waals surface area contributed by atoms with Crippen LogP contribution in [0.25, 0.3) is 10.9 Å². The Balaban J connectivity index is 1.56. The van der Waals surface area contributed by atoms with E-state index in [1.165, 1.54) is 11.8 Å². The largest absolute Gasteiger partial charge is 0.375 e. The first-order valence-corrected chi connectivity index (χ1v) is 11.7. The molecule has 1 amide bonds. The van der Waals surface area contributed by atoms with E-state index in [2.05, 4.69) is 37.7 Å². The van der Waals surface area contributed by atoms with E-state index >= 15 is 0 Å². The lowest BCUT2D eigenvalue weighted by atomic mass is 10.2. The van der Waals surface area contributed by atoms with Crippen molar-refractivity contribution in [3.05, 3.63) is 60.3 Å². The molecule has 33 heavy (non-hydrogen) atoms. The highest BCUT2D eigenvalue weighted by molar-refractivity contribution is 7.99. The van der Waals surface area contributed by atoms with Crippen LogP contribution in [0.3, 0.4) is 0 Å². The van der Waals surface area contributed by atoms with Gasteiger partial charge in [0.1, 0.15) is 5.82 Å². The third-order valence-corrected chi connectivity index (χ3v) is 5.62. The average molecular weight is 463 g/mol. The predicted molar refractivity (Wildman–Crippen MR) is 131 cm³/mol. The molecule has 0 saturated heterocycles. The number of amides is 1. The van der Waals surface area contributed by atoms with Crippen LogP contribution in [0, 0.1) is 0 Å². The number of nitrogens with one attached hydrogen (secondary N) is 3. The number of rotatable bonds is 10. The van der Waals surface area contributed by atoms with E-state index in [4.69, 9.17) is 4.74 Å². The SMILES string of the molecule is CCCOCc1cc(Nc2n[nH]c3ccccc23)nc(Sc2ccc(NC(=O)CC)cc2)n1. The van der Waals surface area contributed by atoms with Gasteiger partial charge in [0.25, 0.3) is 0 Å². The number of anilines is 3. The average Bonchev–Trinajstić information content (AvgIpc) is 3.23. The summed E-state index contributed by atoms with van der Waals surface area (Å²) in [5.41, 5.74) is 2.50. The molecule has 0 fully saturated rings. The molecule has 0 spiro atoms. The van der Waals surface area contributed by atoms with Crippen molar-refractivity contribution in [3.8, 4) is 0 Å². The second-order valence-electron chi connectivity index (χ2n) is 7.35. The number of fused-ring (bicyclic) bond motifs is 1.